The van der Waals surface area contributed by atoms with E-state index in [9.17, 15) is 5.02 Å². The summed E-state index contributed by atoms with van der Waals surface area (Å²) in [6.07, 6.45) is 4.57. The van der Waals surface area contributed by atoms with Crippen molar-refractivity contribution < 1.29 is 19.2 Å². The van der Waals surface area contributed by atoms with E-state index in [1.54, 1.807) is 7.11 Å². The molecule has 7 heteroatoms. The minimum atomic E-state index is -0.671. The molecule has 2 fully saturated rings. The van der Waals surface area contributed by atoms with E-state index in [2.05, 4.69) is 11.1 Å². The smallest absolute Gasteiger partial charge is 0.454 e. The Bertz CT molecular complexity index is 756. The lowest BCUT2D eigenvalue weighted by Gasteiger charge is -2.27. The molecule has 1 aromatic carbocycles. The summed E-state index contributed by atoms with van der Waals surface area (Å²) in [6.45, 7) is 0.530. The van der Waals surface area contributed by atoms with Crippen LogP contribution in [0.25, 0.3) is 11.1 Å². The van der Waals surface area contributed by atoms with E-state index in [-0.39, 0.29) is 12.0 Å². The monoisotopic (exact) mass is 357 g/mol. The zero-order chi connectivity index (χ0) is 17.2. The van der Waals surface area contributed by atoms with E-state index in [1.165, 1.54) is 0 Å². The highest BCUT2D eigenvalue weighted by Crippen LogP contribution is 2.36. The van der Waals surface area contributed by atoms with Gasteiger partial charge in [0, 0.05) is 42.0 Å². The van der Waals surface area contributed by atoms with Gasteiger partial charge in [-0.2, -0.15) is 11.8 Å². The minimum absolute atomic E-state index is 0.184. The number of hydrogen-bond acceptors (Lipinski definition) is 6. The largest absolute Gasteiger partial charge is 0.493 e. The maximum Gasteiger partial charge on any atom is 0.454 e. The maximum absolute atomic E-state index is 9.58. The first-order chi connectivity index (χ1) is 12.2. The minimum Gasteiger partial charge on any atom is -0.493 e. The lowest BCUT2D eigenvalue weighted by Crippen LogP contribution is -2.31. The summed E-state index contributed by atoms with van der Waals surface area (Å²) in [4.78, 5) is 4.38. The van der Waals surface area contributed by atoms with Crippen LogP contribution in [0, 0.1) is 0 Å². The molecule has 1 atom stereocenters. The molecular weight excluding hydrogens is 337 g/mol. The standard InChI is InChI=1S/C18H20BNO4S/c1-22-17-3-2-12(5-18(17)24-16-10-25-11-16)13-4-14(8-20-7-13)15-6-19(21)23-9-15/h2-5,7-8,15-16,21H,6,9-11H2,1H3/t15-/m1/s1. The Hall–Kier alpha value is -1.70. The number of aromatic nitrogens is 1. The topological polar surface area (TPSA) is 60.8 Å². The van der Waals surface area contributed by atoms with Gasteiger partial charge in [0.15, 0.2) is 11.5 Å². The SMILES string of the molecule is COc1ccc(-c2cncc([C@H]3COB(O)C3)c2)cc1OC1CSC1. The van der Waals surface area contributed by atoms with Gasteiger partial charge < -0.3 is 19.2 Å². The first-order valence-electron chi connectivity index (χ1n) is 8.40. The summed E-state index contributed by atoms with van der Waals surface area (Å²) in [5, 5.41) is 9.58. The van der Waals surface area contributed by atoms with Crippen LogP contribution in [-0.4, -0.2) is 48.5 Å². The number of ether oxygens (including phenoxy) is 2. The third-order valence-corrected chi connectivity index (χ3v) is 5.82. The molecule has 2 aliphatic heterocycles. The number of benzene rings is 1. The van der Waals surface area contributed by atoms with Crippen molar-refractivity contribution in [1.29, 1.82) is 0 Å². The van der Waals surface area contributed by atoms with Gasteiger partial charge in [0.25, 0.3) is 0 Å². The highest BCUT2D eigenvalue weighted by atomic mass is 32.2. The lowest BCUT2D eigenvalue weighted by atomic mass is 9.80. The van der Waals surface area contributed by atoms with Crippen molar-refractivity contribution >= 4 is 18.9 Å². The molecule has 2 aliphatic rings. The van der Waals surface area contributed by atoms with Crippen LogP contribution in [0.2, 0.25) is 6.32 Å². The maximum atomic E-state index is 9.58. The summed E-state index contributed by atoms with van der Waals surface area (Å²) < 4.78 is 16.8. The first-order valence-corrected chi connectivity index (χ1v) is 9.56. The van der Waals surface area contributed by atoms with Crippen LogP contribution in [0.1, 0.15) is 11.5 Å². The number of methoxy groups -OCH3 is 1. The summed E-state index contributed by atoms with van der Waals surface area (Å²) >= 11 is 1.89. The molecule has 5 nitrogen and oxygen atoms in total. The van der Waals surface area contributed by atoms with Crippen molar-refractivity contribution in [3.8, 4) is 22.6 Å². The van der Waals surface area contributed by atoms with Crippen molar-refractivity contribution in [2.75, 3.05) is 25.2 Å². The van der Waals surface area contributed by atoms with Gasteiger partial charge in [-0.25, -0.2) is 0 Å². The second kappa shape index (κ2) is 7.27. The summed E-state index contributed by atoms with van der Waals surface area (Å²) in [7, 11) is 0.986. The summed E-state index contributed by atoms with van der Waals surface area (Å²) in [5.41, 5.74) is 3.15. The molecule has 0 saturated carbocycles. The fourth-order valence-corrected chi connectivity index (χ4v) is 3.65. The van der Waals surface area contributed by atoms with Crippen molar-refractivity contribution in [3.05, 3.63) is 42.2 Å². The summed E-state index contributed by atoms with van der Waals surface area (Å²) in [6, 6.07) is 8.08. The Morgan fingerprint density at radius 1 is 1.20 bits per heavy atom. The Labute approximate surface area is 151 Å². The molecule has 1 aromatic heterocycles. The Kier molecular flexibility index (Phi) is 4.88. The van der Waals surface area contributed by atoms with Gasteiger partial charge in [-0.05, 0) is 35.6 Å². The molecule has 0 amide bonds. The number of nitrogens with zero attached hydrogens (tertiary/aromatic N) is 1. The van der Waals surface area contributed by atoms with Crippen LogP contribution in [-0.2, 0) is 4.65 Å². The average molecular weight is 357 g/mol. The van der Waals surface area contributed by atoms with Crippen LogP contribution >= 0.6 is 11.8 Å². The van der Waals surface area contributed by atoms with Gasteiger partial charge in [-0.15, -0.1) is 0 Å². The van der Waals surface area contributed by atoms with Crippen LogP contribution in [0.5, 0.6) is 11.5 Å². The first kappa shape index (κ1) is 16.8. The molecule has 2 saturated heterocycles. The van der Waals surface area contributed by atoms with E-state index in [4.69, 9.17) is 14.1 Å². The van der Waals surface area contributed by atoms with Gasteiger partial charge in [-0.1, -0.05) is 6.07 Å². The third kappa shape index (κ3) is 3.63. The predicted molar refractivity (Wildman–Crippen MR) is 99.4 cm³/mol. The van der Waals surface area contributed by atoms with Crippen molar-refractivity contribution in [1.82, 2.24) is 4.98 Å². The molecule has 25 heavy (non-hydrogen) atoms. The lowest BCUT2D eigenvalue weighted by molar-refractivity contribution is 0.228. The van der Waals surface area contributed by atoms with Crippen LogP contribution in [0.4, 0.5) is 0 Å². The van der Waals surface area contributed by atoms with E-state index in [0.29, 0.717) is 12.9 Å². The molecule has 0 radical (unpaired) electrons. The molecule has 4 rings (SSSR count). The van der Waals surface area contributed by atoms with E-state index in [0.717, 1.165) is 39.7 Å². The second-order valence-corrected chi connectivity index (χ2v) is 7.45. The third-order valence-electron chi connectivity index (χ3n) is 4.60. The van der Waals surface area contributed by atoms with Crippen molar-refractivity contribution in [3.63, 3.8) is 0 Å². The number of pyridine rings is 1. The molecule has 0 bridgehead atoms. The summed E-state index contributed by atoms with van der Waals surface area (Å²) in [5.74, 6) is 3.75. The molecule has 2 aromatic rings. The molecule has 0 spiro atoms. The number of hydrogen-bond donors (Lipinski definition) is 1. The molecule has 1 N–H and O–H groups in total. The van der Waals surface area contributed by atoms with E-state index in [1.807, 2.05) is 42.4 Å². The van der Waals surface area contributed by atoms with Crippen molar-refractivity contribution in [2.24, 2.45) is 0 Å². The van der Waals surface area contributed by atoms with Crippen molar-refractivity contribution in [2.45, 2.75) is 18.3 Å². The zero-order valence-electron chi connectivity index (χ0n) is 14.1. The quantitative estimate of drug-likeness (QED) is 0.831. The van der Waals surface area contributed by atoms with Crippen LogP contribution in [0.3, 0.4) is 0 Å². The molecule has 130 valence electrons. The fourth-order valence-electron chi connectivity index (χ4n) is 3.09. The van der Waals surface area contributed by atoms with Crippen LogP contribution < -0.4 is 9.47 Å². The highest BCUT2D eigenvalue weighted by molar-refractivity contribution is 8.00. The highest BCUT2D eigenvalue weighted by Gasteiger charge is 2.30. The molecular formula is C18H20BNO4S. The van der Waals surface area contributed by atoms with Gasteiger partial charge in [0.1, 0.15) is 6.10 Å². The molecule has 0 aliphatic carbocycles. The Morgan fingerprint density at radius 2 is 2.08 bits per heavy atom. The van der Waals surface area contributed by atoms with Gasteiger partial charge in [0.05, 0.1) is 7.11 Å². The average Bonchev–Trinajstić information content (AvgIpc) is 3.04. The number of rotatable bonds is 5. The van der Waals surface area contributed by atoms with E-state index < -0.39 is 7.12 Å². The molecule has 0 unspecified atom stereocenters. The van der Waals surface area contributed by atoms with Gasteiger partial charge >= 0.3 is 7.12 Å². The van der Waals surface area contributed by atoms with Gasteiger partial charge in [0.2, 0.25) is 0 Å². The fraction of sp³-hybridized carbons (Fsp3) is 0.389. The second-order valence-electron chi connectivity index (χ2n) is 6.37. The Morgan fingerprint density at radius 3 is 2.76 bits per heavy atom. The zero-order valence-corrected chi connectivity index (χ0v) is 14.9. The predicted octanol–water partition coefficient (Wildman–Crippen LogP) is 2.85. The van der Waals surface area contributed by atoms with E-state index >= 15 is 0 Å². The molecule has 3 heterocycles. The Balaban J connectivity index is 1.61. The van der Waals surface area contributed by atoms with Crippen LogP contribution in [0.15, 0.2) is 36.7 Å². The normalized spacial score (nSPS) is 20.4. The van der Waals surface area contributed by atoms with Gasteiger partial charge in [-0.3, -0.25) is 4.98 Å². The number of thioether (sulfide) groups is 1.